The van der Waals surface area contributed by atoms with Gasteiger partial charge in [-0.05, 0) is 24.3 Å². The van der Waals surface area contributed by atoms with E-state index in [1.165, 1.54) is 13.4 Å². The summed E-state index contributed by atoms with van der Waals surface area (Å²) in [5.41, 5.74) is 1.44. The Bertz CT molecular complexity index is 1060. The molecule has 0 fully saturated rings. The fourth-order valence-electron chi connectivity index (χ4n) is 2.76. The zero-order valence-corrected chi connectivity index (χ0v) is 15.8. The number of hydrogen-bond acceptors (Lipinski definition) is 8. The predicted octanol–water partition coefficient (Wildman–Crippen LogP) is 3.22. The molecule has 1 amide bonds. The summed E-state index contributed by atoms with van der Waals surface area (Å²) >= 11 is 0. The quantitative estimate of drug-likeness (QED) is 0.657. The van der Waals surface area contributed by atoms with Crippen LogP contribution in [-0.4, -0.2) is 36.9 Å². The SMILES string of the molecule is COc1ccc(NC(=O)c2cc(Nc3ccc4c(c3)OCO4)ncn2)c(OC)c1. The largest absolute Gasteiger partial charge is 0.497 e. The number of anilines is 3. The second-order valence-corrected chi connectivity index (χ2v) is 6.00. The smallest absolute Gasteiger partial charge is 0.274 e. The minimum absolute atomic E-state index is 0.195. The monoisotopic (exact) mass is 394 g/mol. The second kappa shape index (κ2) is 7.93. The van der Waals surface area contributed by atoms with E-state index in [9.17, 15) is 4.79 Å². The molecule has 2 aromatic carbocycles. The molecule has 1 aromatic heterocycles. The van der Waals surface area contributed by atoms with Crippen molar-refractivity contribution < 1.29 is 23.7 Å². The lowest BCUT2D eigenvalue weighted by atomic mass is 10.2. The van der Waals surface area contributed by atoms with Crippen LogP contribution in [0.5, 0.6) is 23.0 Å². The van der Waals surface area contributed by atoms with Gasteiger partial charge < -0.3 is 29.6 Å². The van der Waals surface area contributed by atoms with Crippen LogP contribution in [0.25, 0.3) is 0 Å². The third kappa shape index (κ3) is 3.98. The number of aromatic nitrogens is 2. The molecule has 2 heterocycles. The normalized spacial score (nSPS) is 11.7. The van der Waals surface area contributed by atoms with Gasteiger partial charge in [0, 0.05) is 23.9 Å². The van der Waals surface area contributed by atoms with Gasteiger partial charge in [0.05, 0.1) is 19.9 Å². The number of rotatable bonds is 6. The molecule has 1 aliphatic rings. The number of methoxy groups -OCH3 is 2. The molecule has 0 radical (unpaired) electrons. The second-order valence-electron chi connectivity index (χ2n) is 6.00. The Morgan fingerprint density at radius 3 is 2.69 bits per heavy atom. The minimum atomic E-state index is -0.399. The molecule has 0 spiro atoms. The Hall–Kier alpha value is -4.01. The van der Waals surface area contributed by atoms with Crippen LogP contribution in [0.3, 0.4) is 0 Å². The van der Waals surface area contributed by atoms with E-state index >= 15 is 0 Å². The van der Waals surface area contributed by atoms with E-state index in [1.54, 1.807) is 43.5 Å². The molecule has 9 heteroatoms. The molecule has 0 saturated heterocycles. The maximum atomic E-state index is 12.6. The number of nitrogens with one attached hydrogen (secondary N) is 2. The van der Waals surface area contributed by atoms with Crippen LogP contribution in [0.15, 0.2) is 48.8 Å². The summed E-state index contributed by atoms with van der Waals surface area (Å²) in [6.45, 7) is 0.200. The molecule has 3 aromatic rings. The topological polar surface area (TPSA) is 104 Å². The van der Waals surface area contributed by atoms with Gasteiger partial charge in [-0.25, -0.2) is 9.97 Å². The Kier molecular flexibility index (Phi) is 5.02. The van der Waals surface area contributed by atoms with Crippen molar-refractivity contribution in [3.8, 4) is 23.0 Å². The molecule has 1 aliphatic heterocycles. The third-order valence-corrected chi connectivity index (χ3v) is 4.20. The van der Waals surface area contributed by atoms with Crippen LogP contribution < -0.4 is 29.6 Å². The van der Waals surface area contributed by atoms with Crippen molar-refractivity contribution in [3.63, 3.8) is 0 Å². The predicted molar refractivity (Wildman–Crippen MR) is 105 cm³/mol. The average molecular weight is 394 g/mol. The van der Waals surface area contributed by atoms with Crippen LogP contribution in [0.2, 0.25) is 0 Å². The van der Waals surface area contributed by atoms with Crippen LogP contribution in [-0.2, 0) is 0 Å². The molecule has 0 unspecified atom stereocenters. The van der Waals surface area contributed by atoms with E-state index in [1.807, 2.05) is 6.07 Å². The van der Waals surface area contributed by atoms with Crippen molar-refractivity contribution in [2.24, 2.45) is 0 Å². The number of benzene rings is 2. The van der Waals surface area contributed by atoms with E-state index < -0.39 is 5.91 Å². The number of nitrogens with zero attached hydrogens (tertiary/aromatic N) is 2. The van der Waals surface area contributed by atoms with Gasteiger partial charge in [0.25, 0.3) is 5.91 Å². The van der Waals surface area contributed by atoms with E-state index in [0.717, 1.165) is 5.69 Å². The van der Waals surface area contributed by atoms with Crippen LogP contribution >= 0.6 is 0 Å². The zero-order chi connectivity index (χ0) is 20.2. The van der Waals surface area contributed by atoms with Gasteiger partial charge in [-0.3, -0.25) is 4.79 Å². The van der Waals surface area contributed by atoms with E-state index in [2.05, 4.69) is 20.6 Å². The fourth-order valence-corrected chi connectivity index (χ4v) is 2.76. The number of fused-ring (bicyclic) bond motifs is 1. The van der Waals surface area contributed by atoms with Crippen LogP contribution in [0.1, 0.15) is 10.5 Å². The molecule has 2 N–H and O–H groups in total. The lowest BCUT2D eigenvalue weighted by Crippen LogP contribution is -2.15. The summed E-state index contributed by atoms with van der Waals surface area (Å²) in [4.78, 5) is 20.9. The highest BCUT2D eigenvalue weighted by Crippen LogP contribution is 2.35. The lowest BCUT2D eigenvalue weighted by molar-refractivity contribution is 0.102. The van der Waals surface area contributed by atoms with Gasteiger partial charge in [-0.1, -0.05) is 0 Å². The summed E-state index contributed by atoms with van der Waals surface area (Å²) in [6, 6.07) is 12.1. The van der Waals surface area contributed by atoms with Gasteiger partial charge in [0.15, 0.2) is 11.5 Å². The van der Waals surface area contributed by atoms with E-state index in [-0.39, 0.29) is 12.5 Å². The summed E-state index contributed by atoms with van der Waals surface area (Å²) in [7, 11) is 3.07. The number of amides is 1. The highest BCUT2D eigenvalue weighted by Gasteiger charge is 2.15. The highest BCUT2D eigenvalue weighted by molar-refractivity contribution is 6.04. The van der Waals surface area contributed by atoms with Gasteiger partial charge >= 0.3 is 0 Å². The summed E-state index contributed by atoms with van der Waals surface area (Å²) in [5, 5.41) is 5.90. The third-order valence-electron chi connectivity index (χ3n) is 4.20. The molecule has 0 bridgehead atoms. The highest BCUT2D eigenvalue weighted by atomic mass is 16.7. The van der Waals surface area contributed by atoms with E-state index in [0.29, 0.717) is 34.5 Å². The molecule has 9 nitrogen and oxygen atoms in total. The fraction of sp³-hybridized carbons (Fsp3) is 0.150. The number of hydrogen-bond donors (Lipinski definition) is 2. The Labute approximate surface area is 166 Å². The summed E-state index contributed by atoms with van der Waals surface area (Å²) in [5.74, 6) is 2.50. The standard InChI is InChI=1S/C20H18N4O5/c1-26-13-4-5-14(17(8-13)27-2)24-20(25)15-9-19(22-10-21-15)23-12-3-6-16-18(7-12)29-11-28-16/h3-10H,11H2,1-2H3,(H,24,25)(H,21,22,23). The van der Waals surface area contributed by atoms with Crippen molar-refractivity contribution in [2.75, 3.05) is 31.6 Å². The first-order chi connectivity index (χ1) is 14.2. The molecule has 0 saturated carbocycles. The summed E-state index contributed by atoms with van der Waals surface area (Å²) < 4.78 is 21.1. The number of carbonyl (C=O) groups excluding carboxylic acids is 1. The first kappa shape index (κ1) is 18.4. The lowest BCUT2D eigenvalue weighted by Gasteiger charge is -2.12. The van der Waals surface area contributed by atoms with Gasteiger partial charge in [-0.15, -0.1) is 0 Å². The van der Waals surface area contributed by atoms with Crippen molar-refractivity contribution in [3.05, 3.63) is 54.5 Å². The maximum Gasteiger partial charge on any atom is 0.274 e. The first-order valence-electron chi connectivity index (χ1n) is 8.68. The summed E-state index contributed by atoms with van der Waals surface area (Å²) in [6.07, 6.45) is 1.31. The average Bonchev–Trinajstić information content (AvgIpc) is 3.22. The Balaban J connectivity index is 1.50. The zero-order valence-electron chi connectivity index (χ0n) is 15.8. The molecule has 4 rings (SSSR count). The molecule has 0 aliphatic carbocycles. The minimum Gasteiger partial charge on any atom is -0.497 e. The molecule has 29 heavy (non-hydrogen) atoms. The Morgan fingerprint density at radius 1 is 1.00 bits per heavy atom. The molecular weight excluding hydrogens is 376 g/mol. The Morgan fingerprint density at radius 2 is 1.86 bits per heavy atom. The maximum absolute atomic E-state index is 12.6. The van der Waals surface area contributed by atoms with Crippen molar-refractivity contribution in [1.82, 2.24) is 9.97 Å². The van der Waals surface area contributed by atoms with Crippen molar-refractivity contribution in [2.45, 2.75) is 0 Å². The van der Waals surface area contributed by atoms with Gasteiger partial charge in [0.1, 0.15) is 29.3 Å². The number of carbonyl (C=O) groups is 1. The number of ether oxygens (including phenoxy) is 4. The van der Waals surface area contributed by atoms with Gasteiger partial charge in [-0.2, -0.15) is 0 Å². The molecular formula is C20H18N4O5. The van der Waals surface area contributed by atoms with Crippen molar-refractivity contribution >= 4 is 23.1 Å². The van der Waals surface area contributed by atoms with Crippen LogP contribution in [0.4, 0.5) is 17.2 Å². The first-order valence-corrected chi connectivity index (χ1v) is 8.68. The molecule has 148 valence electrons. The molecule has 0 atom stereocenters. The van der Waals surface area contributed by atoms with E-state index in [4.69, 9.17) is 18.9 Å². The van der Waals surface area contributed by atoms with Crippen LogP contribution in [0, 0.1) is 0 Å². The van der Waals surface area contributed by atoms with Gasteiger partial charge in [0.2, 0.25) is 6.79 Å². The van der Waals surface area contributed by atoms with Crippen molar-refractivity contribution in [1.29, 1.82) is 0 Å².